The quantitative estimate of drug-likeness (QED) is 0.811. The zero-order valence-corrected chi connectivity index (χ0v) is 12.8. The highest BCUT2D eigenvalue weighted by Crippen LogP contribution is 2.31. The maximum atomic E-state index is 12.4. The second-order valence-electron chi connectivity index (χ2n) is 6.78. The average molecular weight is 282 g/mol. The molecule has 2 aliphatic rings. The summed E-state index contributed by atoms with van der Waals surface area (Å²) in [7, 11) is 0. The maximum Gasteiger partial charge on any atom is 0.227 e. The molecule has 1 amide bonds. The van der Waals surface area contributed by atoms with Gasteiger partial charge in [-0.25, -0.2) is 0 Å². The number of hydrogen-bond donors (Lipinski definition) is 2. The monoisotopic (exact) mass is 282 g/mol. The Hall–Kier alpha value is -0.610. The predicted molar refractivity (Wildman–Crippen MR) is 80.3 cm³/mol. The summed E-state index contributed by atoms with van der Waals surface area (Å²) >= 11 is 0. The molecule has 1 saturated heterocycles. The van der Waals surface area contributed by atoms with Crippen LogP contribution in [-0.4, -0.2) is 32.2 Å². The van der Waals surface area contributed by atoms with Crippen LogP contribution in [0.4, 0.5) is 0 Å². The molecule has 0 aromatic rings. The SMILES string of the molecule is CC1CCCC(CCNC(=O)C2(CN)CCOCC2)C1. The molecule has 116 valence electrons. The third kappa shape index (κ3) is 3.95. The van der Waals surface area contributed by atoms with Gasteiger partial charge in [-0.3, -0.25) is 4.79 Å². The molecule has 2 atom stereocenters. The van der Waals surface area contributed by atoms with Crippen LogP contribution in [0.5, 0.6) is 0 Å². The van der Waals surface area contributed by atoms with E-state index in [2.05, 4.69) is 12.2 Å². The number of nitrogens with one attached hydrogen (secondary N) is 1. The van der Waals surface area contributed by atoms with Crippen molar-refractivity contribution >= 4 is 5.91 Å². The van der Waals surface area contributed by atoms with Crippen molar-refractivity contribution in [3.63, 3.8) is 0 Å². The van der Waals surface area contributed by atoms with E-state index in [1.165, 1.54) is 25.7 Å². The van der Waals surface area contributed by atoms with E-state index in [1.54, 1.807) is 0 Å². The highest BCUT2D eigenvalue weighted by Gasteiger charge is 2.38. The van der Waals surface area contributed by atoms with Crippen LogP contribution in [0, 0.1) is 17.3 Å². The van der Waals surface area contributed by atoms with Crippen molar-refractivity contribution in [3.8, 4) is 0 Å². The molecular weight excluding hydrogens is 252 g/mol. The van der Waals surface area contributed by atoms with Crippen LogP contribution in [0.2, 0.25) is 0 Å². The summed E-state index contributed by atoms with van der Waals surface area (Å²) in [6, 6.07) is 0. The summed E-state index contributed by atoms with van der Waals surface area (Å²) in [6.07, 6.45) is 8.02. The average Bonchev–Trinajstić information content (AvgIpc) is 2.48. The lowest BCUT2D eigenvalue weighted by molar-refractivity contribution is -0.135. The lowest BCUT2D eigenvalue weighted by atomic mass is 9.79. The van der Waals surface area contributed by atoms with Crippen molar-refractivity contribution < 1.29 is 9.53 Å². The third-order valence-electron chi connectivity index (χ3n) is 5.21. The zero-order valence-electron chi connectivity index (χ0n) is 12.8. The van der Waals surface area contributed by atoms with E-state index < -0.39 is 0 Å². The van der Waals surface area contributed by atoms with Crippen molar-refractivity contribution in [1.82, 2.24) is 5.32 Å². The first-order chi connectivity index (χ1) is 9.66. The Morgan fingerprint density at radius 3 is 2.75 bits per heavy atom. The smallest absolute Gasteiger partial charge is 0.227 e. The second kappa shape index (κ2) is 7.41. The minimum Gasteiger partial charge on any atom is -0.381 e. The fraction of sp³-hybridized carbons (Fsp3) is 0.938. The summed E-state index contributed by atoms with van der Waals surface area (Å²) in [5.74, 6) is 1.80. The molecule has 4 nitrogen and oxygen atoms in total. The lowest BCUT2D eigenvalue weighted by Gasteiger charge is -2.35. The number of amides is 1. The van der Waals surface area contributed by atoms with Crippen molar-refractivity contribution in [2.45, 2.75) is 51.9 Å². The van der Waals surface area contributed by atoms with Crippen molar-refractivity contribution in [2.24, 2.45) is 23.0 Å². The van der Waals surface area contributed by atoms with Crippen molar-refractivity contribution in [2.75, 3.05) is 26.3 Å². The Balaban J connectivity index is 1.73. The standard InChI is InChI=1S/C16H30N2O2/c1-13-3-2-4-14(11-13)5-8-18-15(19)16(12-17)6-9-20-10-7-16/h13-14H,2-12,17H2,1H3,(H,18,19). The number of carbonyl (C=O) groups is 1. The van der Waals surface area contributed by atoms with E-state index in [9.17, 15) is 4.79 Å². The van der Waals surface area contributed by atoms with Crippen LogP contribution in [0.1, 0.15) is 51.9 Å². The largest absolute Gasteiger partial charge is 0.381 e. The Morgan fingerprint density at radius 1 is 1.35 bits per heavy atom. The van der Waals surface area contributed by atoms with Gasteiger partial charge >= 0.3 is 0 Å². The Labute approximate surface area is 122 Å². The second-order valence-corrected chi connectivity index (χ2v) is 6.78. The molecule has 1 aliphatic heterocycles. The molecule has 2 rings (SSSR count). The molecule has 1 heterocycles. The first-order valence-corrected chi connectivity index (χ1v) is 8.22. The number of nitrogens with two attached hydrogens (primary N) is 1. The fourth-order valence-electron chi connectivity index (χ4n) is 3.69. The van der Waals surface area contributed by atoms with Gasteiger partial charge in [0.15, 0.2) is 0 Å². The van der Waals surface area contributed by atoms with Crippen LogP contribution < -0.4 is 11.1 Å². The molecule has 1 aliphatic carbocycles. The van der Waals surface area contributed by atoms with Gasteiger partial charge in [0.25, 0.3) is 0 Å². The van der Waals surface area contributed by atoms with Crippen molar-refractivity contribution in [1.29, 1.82) is 0 Å². The molecule has 2 fully saturated rings. The molecular formula is C16H30N2O2. The molecule has 1 saturated carbocycles. The van der Waals surface area contributed by atoms with Crippen LogP contribution in [-0.2, 0) is 9.53 Å². The summed E-state index contributed by atoms with van der Waals surface area (Å²) in [6.45, 7) is 4.90. The molecule has 3 N–H and O–H groups in total. The van der Waals surface area contributed by atoms with E-state index in [4.69, 9.17) is 10.5 Å². The van der Waals surface area contributed by atoms with E-state index >= 15 is 0 Å². The van der Waals surface area contributed by atoms with Gasteiger partial charge in [0.1, 0.15) is 0 Å². The van der Waals surface area contributed by atoms with Gasteiger partial charge in [-0.1, -0.05) is 26.2 Å². The molecule has 2 unspecified atom stereocenters. The molecule has 20 heavy (non-hydrogen) atoms. The number of rotatable bonds is 5. The Morgan fingerprint density at radius 2 is 2.10 bits per heavy atom. The minimum absolute atomic E-state index is 0.146. The van der Waals surface area contributed by atoms with E-state index in [1.807, 2.05) is 0 Å². The predicted octanol–water partition coefficient (Wildman–Crippen LogP) is 2.07. The highest BCUT2D eigenvalue weighted by atomic mass is 16.5. The first kappa shape index (κ1) is 15.8. The van der Waals surface area contributed by atoms with Gasteiger partial charge < -0.3 is 15.8 Å². The third-order valence-corrected chi connectivity index (χ3v) is 5.21. The van der Waals surface area contributed by atoms with Crippen LogP contribution in [0.3, 0.4) is 0 Å². The van der Waals surface area contributed by atoms with Gasteiger partial charge in [0.2, 0.25) is 5.91 Å². The van der Waals surface area contributed by atoms with E-state index in [0.717, 1.165) is 37.6 Å². The van der Waals surface area contributed by atoms with Crippen molar-refractivity contribution in [3.05, 3.63) is 0 Å². The lowest BCUT2D eigenvalue weighted by Crippen LogP contribution is -2.49. The van der Waals surface area contributed by atoms with E-state index in [0.29, 0.717) is 19.8 Å². The maximum absolute atomic E-state index is 12.4. The molecule has 0 aromatic heterocycles. The summed E-state index contributed by atoms with van der Waals surface area (Å²) in [4.78, 5) is 12.4. The summed E-state index contributed by atoms with van der Waals surface area (Å²) in [5, 5.41) is 3.13. The normalized spacial score (nSPS) is 29.9. The highest BCUT2D eigenvalue weighted by molar-refractivity contribution is 5.83. The molecule has 4 heteroatoms. The summed E-state index contributed by atoms with van der Waals surface area (Å²) < 4.78 is 5.35. The van der Waals surface area contributed by atoms with E-state index in [-0.39, 0.29) is 11.3 Å². The molecule has 0 aromatic carbocycles. The topological polar surface area (TPSA) is 64.4 Å². The fourth-order valence-corrected chi connectivity index (χ4v) is 3.69. The van der Waals surface area contributed by atoms with Gasteiger partial charge in [-0.2, -0.15) is 0 Å². The first-order valence-electron chi connectivity index (χ1n) is 8.22. The van der Waals surface area contributed by atoms with Crippen LogP contribution >= 0.6 is 0 Å². The van der Waals surface area contributed by atoms with Gasteiger partial charge in [0, 0.05) is 26.3 Å². The Kier molecular flexibility index (Phi) is 5.85. The van der Waals surface area contributed by atoms with Gasteiger partial charge in [-0.15, -0.1) is 0 Å². The zero-order chi connectivity index (χ0) is 14.4. The van der Waals surface area contributed by atoms with Crippen LogP contribution in [0.25, 0.3) is 0 Å². The number of hydrogen-bond acceptors (Lipinski definition) is 3. The summed E-state index contributed by atoms with van der Waals surface area (Å²) in [5.41, 5.74) is 5.48. The van der Waals surface area contributed by atoms with Gasteiger partial charge in [0.05, 0.1) is 5.41 Å². The minimum atomic E-state index is -0.377. The molecule has 0 radical (unpaired) electrons. The Bertz CT molecular complexity index is 314. The molecule has 0 spiro atoms. The van der Waals surface area contributed by atoms with Gasteiger partial charge in [-0.05, 0) is 37.5 Å². The molecule has 0 bridgehead atoms. The number of carbonyl (C=O) groups excluding carboxylic acids is 1. The van der Waals surface area contributed by atoms with Crippen LogP contribution in [0.15, 0.2) is 0 Å². The number of ether oxygens (including phenoxy) is 1.